The van der Waals surface area contributed by atoms with E-state index in [1.165, 1.54) is 12.8 Å². The molecule has 0 aliphatic heterocycles. The van der Waals surface area contributed by atoms with Crippen molar-refractivity contribution in [2.45, 2.75) is 52.5 Å². The first kappa shape index (κ1) is 13.8. The molecular weight excluding hydrogens is 244 g/mol. The van der Waals surface area contributed by atoms with Gasteiger partial charge in [0, 0.05) is 23.5 Å². The Kier molecular flexibility index (Phi) is 3.73. The van der Waals surface area contributed by atoms with Crippen LogP contribution in [0.1, 0.15) is 49.1 Å². The quantitative estimate of drug-likeness (QED) is 0.881. The van der Waals surface area contributed by atoms with Gasteiger partial charge in [0.2, 0.25) is 0 Å². The monoisotopic (exact) mass is 264 g/mol. The van der Waals surface area contributed by atoms with Crippen LogP contribution >= 0.6 is 0 Å². The number of carbonyl (C=O) groups is 1. The molecule has 1 unspecified atom stereocenters. The summed E-state index contributed by atoms with van der Waals surface area (Å²) in [7, 11) is 0. The molecule has 1 saturated carbocycles. The third-order valence-corrected chi connectivity index (χ3v) is 3.94. The van der Waals surface area contributed by atoms with Gasteiger partial charge in [-0.05, 0) is 33.1 Å². The van der Waals surface area contributed by atoms with Crippen LogP contribution < -0.4 is 5.69 Å². The largest absolute Gasteiger partial charge is 0.481 e. The summed E-state index contributed by atoms with van der Waals surface area (Å²) in [5, 5.41) is 9.16. The fraction of sp³-hybridized carbons (Fsp3) is 0.643. The Morgan fingerprint density at radius 2 is 2.11 bits per heavy atom. The summed E-state index contributed by atoms with van der Waals surface area (Å²) in [6.45, 7) is 5.79. The van der Waals surface area contributed by atoms with E-state index in [0.717, 1.165) is 18.0 Å². The number of aromatic nitrogens is 2. The highest BCUT2D eigenvalue weighted by molar-refractivity contribution is 5.76. The second-order valence-electron chi connectivity index (χ2n) is 5.42. The highest BCUT2D eigenvalue weighted by Gasteiger charge is 2.24. The van der Waals surface area contributed by atoms with Gasteiger partial charge < -0.3 is 5.11 Å². The molecule has 1 aliphatic rings. The molecule has 1 fully saturated rings. The topological polar surface area (TPSA) is 72.2 Å². The summed E-state index contributed by atoms with van der Waals surface area (Å²) in [6.07, 6.45) is 3.46. The molecule has 0 bridgehead atoms. The molecule has 0 amide bonds. The molecule has 5 nitrogen and oxygen atoms in total. The standard InChI is InChI=1S/C14H20N2O3/c1-8(13(17)18)12-9(2)15-14(19)16(10(12)3)7-6-11-4-5-11/h8,11H,4-7H2,1-3H3,(H,17,18). The van der Waals surface area contributed by atoms with E-state index >= 15 is 0 Å². The number of rotatable bonds is 5. The molecule has 19 heavy (non-hydrogen) atoms. The Balaban J connectivity index is 2.39. The molecular formula is C14H20N2O3. The normalized spacial score (nSPS) is 16.4. The first-order valence-corrected chi connectivity index (χ1v) is 6.72. The van der Waals surface area contributed by atoms with E-state index in [2.05, 4.69) is 4.98 Å². The molecule has 1 heterocycles. The lowest BCUT2D eigenvalue weighted by Crippen LogP contribution is -2.29. The number of hydrogen-bond donors (Lipinski definition) is 1. The fourth-order valence-electron chi connectivity index (χ4n) is 2.55. The minimum absolute atomic E-state index is 0.267. The lowest BCUT2D eigenvalue weighted by molar-refractivity contribution is -0.138. The summed E-state index contributed by atoms with van der Waals surface area (Å²) >= 11 is 0. The minimum atomic E-state index is -0.889. The van der Waals surface area contributed by atoms with Gasteiger partial charge in [-0.1, -0.05) is 12.8 Å². The van der Waals surface area contributed by atoms with E-state index in [4.69, 9.17) is 5.11 Å². The number of carboxylic acid groups (broad SMARTS) is 1. The molecule has 0 saturated heterocycles. The van der Waals surface area contributed by atoms with Gasteiger partial charge in [-0.15, -0.1) is 0 Å². The van der Waals surface area contributed by atoms with E-state index in [1.54, 1.807) is 18.4 Å². The lowest BCUT2D eigenvalue weighted by atomic mass is 9.98. The molecule has 0 aromatic carbocycles. The average Bonchev–Trinajstić information content (AvgIpc) is 3.11. The maximum absolute atomic E-state index is 11.9. The zero-order valence-electron chi connectivity index (χ0n) is 11.6. The van der Waals surface area contributed by atoms with Crippen LogP contribution in [0.25, 0.3) is 0 Å². The van der Waals surface area contributed by atoms with Gasteiger partial charge in [-0.2, -0.15) is 4.98 Å². The van der Waals surface area contributed by atoms with Crippen molar-refractivity contribution in [3.05, 3.63) is 27.4 Å². The van der Waals surface area contributed by atoms with Gasteiger partial charge in [-0.25, -0.2) is 4.79 Å². The van der Waals surface area contributed by atoms with Crippen LogP contribution in [0.5, 0.6) is 0 Å². The van der Waals surface area contributed by atoms with Crippen molar-refractivity contribution in [1.29, 1.82) is 0 Å². The number of aryl methyl sites for hydroxylation is 1. The van der Waals surface area contributed by atoms with Crippen LogP contribution in [-0.2, 0) is 11.3 Å². The van der Waals surface area contributed by atoms with Crippen LogP contribution in [-0.4, -0.2) is 20.6 Å². The third-order valence-electron chi connectivity index (χ3n) is 3.94. The Bertz CT molecular complexity index is 559. The third kappa shape index (κ3) is 2.85. The van der Waals surface area contributed by atoms with Crippen molar-refractivity contribution >= 4 is 5.97 Å². The maximum atomic E-state index is 11.9. The van der Waals surface area contributed by atoms with Crippen molar-refractivity contribution in [2.24, 2.45) is 5.92 Å². The summed E-state index contributed by atoms with van der Waals surface area (Å²) in [4.78, 5) is 27.1. The SMILES string of the molecule is Cc1nc(=O)n(CCC2CC2)c(C)c1C(C)C(=O)O. The molecule has 104 valence electrons. The number of carboxylic acids is 1. The van der Waals surface area contributed by atoms with E-state index < -0.39 is 11.9 Å². The van der Waals surface area contributed by atoms with Crippen LogP contribution in [0.3, 0.4) is 0 Å². The van der Waals surface area contributed by atoms with Gasteiger partial charge in [0.05, 0.1) is 5.92 Å². The first-order valence-electron chi connectivity index (χ1n) is 6.72. The van der Waals surface area contributed by atoms with E-state index in [0.29, 0.717) is 17.8 Å². The van der Waals surface area contributed by atoms with Crippen molar-refractivity contribution in [1.82, 2.24) is 9.55 Å². The van der Waals surface area contributed by atoms with Crippen LogP contribution in [0.15, 0.2) is 4.79 Å². The molecule has 2 rings (SSSR count). The van der Waals surface area contributed by atoms with Crippen molar-refractivity contribution < 1.29 is 9.90 Å². The summed E-state index contributed by atoms with van der Waals surface area (Å²) in [5.41, 5.74) is 1.67. The van der Waals surface area contributed by atoms with Crippen molar-refractivity contribution in [3.8, 4) is 0 Å². The van der Waals surface area contributed by atoms with Gasteiger partial charge in [-0.3, -0.25) is 9.36 Å². The fourth-order valence-corrected chi connectivity index (χ4v) is 2.55. The van der Waals surface area contributed by atoms with Crippen molar-refractivity contribution in [3.63, 3.8) is 0 Å². The molecule has 1 atom stereocenters. The van der Waals surface area contributed by atoms with E-state index in [-0.39, 0.29) is 5.69 Å². The Morgan fingerprint density at radius 3 is 2.63 bits per heavy atom. The Morgan fingerprint density at radius 1 is 1.47 bits per heavy atom. The van der Waals surface area contributed by atoms with Gasteiger partial charge in [0.15, 0.2) is 0 Å². The second-order valence-corrected chi connectivity index (χ2v) is 5.42. The second kappa shape index (κ2) is 5.15. The Hall–Kier alpha value is -1.65. The summed E-state index contributed by atoms with van der Waals surface area (Å²) in [6, 6.07) is 0. The predicted molar refractivity (Wildman–Crippen MR) is 71.4 cm³/mol. The molecule has 5 heteroatoms. The maximum Gasteiger partial charge on any atom is 0.347 e. The highest BCUT2D eigenvalue weighted by atomic mass is 16.4. The molecule has 1 aliphatic carbocycles. The number of aliphatic carboxylic acids is 1. The van der Waals surface area contributed by atoms with Crippen molar-refractivity contribution in [2.75, 3.05) is 0 Å². The average molecular weight is 264 g/mol. The van der Waals surface area contributed by atoms with Gasteiger partial charge >= 0.3 is 11.7 Å². The molecule has 1 N–H and O–H groups in total. The molecule has 0 spiro atoms. The number of hydrogen-bond acceptors (Lipinski definition) is 3. The van der Waals surface area contributed by atoms with E-state index in [1.807, 2.05) is 6.92 Å². The smallest absolute Gasteiger partial charge is 0.347 e. The van der Waals surface area contributed by atoms with Crippen LogP contribution in [0.2, 0.25) is 0 Å². The summed E-state index contributed by atoms with van der Waals surface area (Å²) in [5.74, 6) is -0.798. The lowest BCUT2D eigenvalue weighted by Gasteiger charge is -2.17. The zero-order valence-corrected chi connectivity index (χ0v) is 11.6. The summed E-state index contributed by atoms with van der Waals surface area (Å²) < 4.78 is 1.63. The zero-order chi connectivity index (χ0) is 14.2. The minimum Gasteiger partial charge on any atom is -0.481 e. The van der Waals surface area contributed by atoms with E-state index in [9.17, 15) is 9.59 Å². The first-order chi connectivity index (χ1) is 8.91. The molecule has 1 aromatic rings. The molecule has 0 radical (unpaired) electrons. The van der Waals surface area contributed by atoms with Gasteiger partial charge in [0.25, 0.3) is 0 Å². The van der Waals surface area contributed by atoms with Gasteiger partial charge in [0.1, 0.15) is 0 Å². The van der Waals surface area contributed by atoms with Crippen LogP contribution in [0, 0.1) is 19.8 Å². The van der Waals surface area contributed by atoms with Crippen LogP contribution in [0.4, 0.5) is 0 Å². The molecule has 1 aromatic heterocycles. The number of nitrogens with zero attached hydrogens (tertiary/aromatic N) is 2. The highest BCUT2D eigenvalue weighted by Crippen LogP contribution is 2.33. The Labute approximate surface area is 112 Å². The predicted octanol–water partition coefficient (Wildman–Crippen LogP) is 1.85.